The Kier molecular flexibility index (Phi) is 5.95. The molecule has 5 heteroatoms. The van der Waals surface area contributed by atoms with E-state index in [0.717, 1.165) is 13.0 Å². The Bertz CT molecular complexity index is 450. The molecule has 1 rings (SSSR count). The van der Waals surface area contributed by atoms with Gasteiger partial charge in [0.25, 0.3) is 5.91 Å². The first-order chi connectivity index (χ1) is 9.29. The second-order valence-electron chi connectivity index (χ2n) is 5.80. The molecule has 1 atom stereocenters. The lowest BCUT2D eigenvalue weighted by atomic mass is 10.0. The average molecular weight is 281 g/mol. The van der Waals surface area contributed by atoms with Gasteiger partial charge >= 0.3 is 0 Å². The quantitative estimate of drug-likeness (QED) is 0.785. The fourth-order valence-corrected chi connectivity index (χ4v) is 2.13. The number of likely N-dealkylation sites (N-methyl/N-ethyl adjacent to an activating group) is 1. The first-order valence-corrected chi connectivity index (χ1v) is 6.80. The maximum Gasteiger partial charge on any atom is 0.251 e. The number of nitrogen functional groups attached to an aromatic ring is 1. The lowest BCUT2D eigenvalue weighted by molar-refractivity contribution is 0.0924. The van der Waals surface area contributed by atoms with Gasteiger partial charge in [-0.25, -0.2) is 4.39 Å². The van der Waals surface area contributed by atoms with Crippen molar-refractivity contribution in [2.24, 2.45) is 5.92 Å². The summed E-state index contributed by atoms with van der Waals surface area (Å²) in [6.07, 6.45) is 0.876. The van der Waals surface area contributed by atoms with Gasteiger partial charge in [0, 0.05) is 18.2 Å². The van der Waals surface area contributed by atoms with Gasteiger partial charge in [-0.3, -0.25) is 4.79 Å². The molecule has 0 aliphatic heterocycles. The Labute approximate surface area is 120 Å². The van der Waals surface area contributed by atoms with Gasteiger partial charge in [0.2, 0.25) is 0 Å². The predicted molar refractivity (Wildman–Crippen MR) is 80.1 cm³/mol. The SMILES string of the molecule is CC(C)CC(CN(C)C)NC(=O)c1ccc(N)c(F)c1. The van der Waals surface area contributed by atoms with E-state index in [0.29, 0.717) is 11.5 Å². The summed E-state index contributed by atoms with van der Waals surface area (Å²) in [4.78, 5) is 14.2. The van der Waals surface area contributed by atoms with Crippen LogP contribution in [0.4, 0.5) is 10.1 Å². The molecule has 0 spiro atoms. The van der Waals surface area contributed by atoms with Crippen molar-refractivity contribution in [3.05, 3.63) is 29.6 Å². The molecular formula is C15H24FN3O. The zero-order chi connectivity index (χ0) is 15.3. The molecule has 0 saturated heterocycles. The molecule has 0 bridgehead atoms. The zero-order valence-corrected chi connectivity index (χ0v) is 12.6. The molecule has 0 heterocycles. The molecular weight excluding hydrogens is 257 g/mol. The third kappa shape index (κ3) is 5.17. The molecule has 112 valence electrons. The topological polar surface area (TPSA) is 58.4 Å². The lowest BCUT2D eigenvalue weighted by Crippen LogP contribution is -2.42. The number of hydrogen-bond donors (Lipinski definition) is 2. The minimum atomic E-state index is -0.564. The molecule has 0 aromatic heterocycles. The Morgan fingerprint density at radius 1 is 1.40 bits per heavy atom. The van der Waals surface area contributed by atoms with Crippen molar-refractivity contribution in [1.82, 2.24) is 10.2 Å². The van der Waals surface area contributed by atoms with Crippen molar-refractivity contribution in [1.29, 1.82) is 0 Å². The molecule has 1 aromatic rings. The highest BCUT2D eigenvalue weighted by Crippen LogP contribution is 2.13. The summed E-state index contributed by atoms with van der Waals surface area (Å²) in [5.74, 6) is -0.356. The van der Waals surface area contributed by atoms with Crippen LogP contribution in [0.3, 0.4) is 0 Å². The smallest absolute Gasteiger partial charge is 0.251 e. The van der Waals surface area contributed by atoms with Crippen molar-refractivity contribution in [3.8, 4) is 0 Å². The molecule has 0 radical (unpaired) electrons. The largest absolute Gasteiger partial charge is 0.396 e. The maximum absolute atomic E-state index is 13.4. The van der Waals surface area contributed by atoms with Crippen LogP contribution in [0.1, 0.15) is 30.6 Å². The Balaban J connectivity index is 2.76. The summed E-state index contributed by atoms with van der Waals surface area (Å²) in [5, 5.41) is 2.95. The molecule has 0 aliphatic rings. The Morgan fingerprint density at radius 2 is 2.05 bits per heavy atom. The number of carbonyl (C=O) groups excluding carboxylic acids is 1. The molecule has 0 saturated carbocycles. The number of hydrogen-bond acceptors (Lipinski definition) is 3. The fraction of sp³-hybridized carbons (Fsp3) is 0.533. The number of halogens is 1. The second-order valence-corrected chi connectivity index (χ2v) is 5.80. The van der Waals surface area contributed by atoms with Crippen LogP contribution in [0.25, 0.3) is 0 Å². The van der Waals surface area contributed by atoms with Gasteiger partial charge in [0.1, 0.15) is 5.82 Å². The first-order valence-electron chi connectivity index (χ1n) is 6.80. The van der Waals surface area contributed by atoms with Crippen molar-refractivity contribution >= 4 is 11.6 Å². The van der Waals surface area contributed by atoms with Gasteiger partial charge in [-0.2, -0.15) is 0 Å². The van der Waals surface area contributed by atoms with E-state index in [1.165, 1.54) is 18.2 Å². The molecule has 1 aromatic carbocycles. The number of nitrogens with zero attached hydrogens (tertiary/aromatic N) is 1. The summed E-state index contributed by atoms with van der Waals surface area (Å²) >= 11 is 0. The first kappa shape index (κ1) is 16.4. The number of anilines is 1. The highest BCUT2D eigenvalue weighted by molar-refractivity contribution is 5.94. The molecule has 4 nitrogen and oxygen atoms in total. The summed E-state index contributed by atoms with van der Waals surface area (Å²) in [7, 11) is 3.92. The van der Waals surface area contributed by atoms with Crippen LogP contribution in [0, 0.1) is 11.7 Å². The van der Waals surface area contributed by atoms with E-state index in [1.807, 2.05) is 19.0 Å². The summed E-state index contributed by atoms with van der Waals surface area (Å²) in [6.45, 7) is 4.97. The normalized spacial score (nSPS) is 12.8. The summed E-state index contributed by atoms with van der Waals surface area (Å²) in [5.41, 5.74) is 5.75. The fourth-order valence-electron chi connectivity index (χ4n) is 2.13. The number of nitrogens with two attached hydrogens (primary N) is 1. The number of amides is 1. The lowest BCUT2D eigenvalue weighted by Gasteiger charge is -2.24. The van der Waals surface area contributed by atoms with Crippen molar-refractivity contribution < 1.29 is 9.18 Å². The molecule has 0 fully saturated rings. The van der Waals surface area contributed by atoms with Crippen LogP contribution in [0.15, 0.2) is 18.2 Å². The van der Waals surface area contributed by atoms with E-state index < -0.39 is 5.82 Å². The molecule has 1 amide bonds. The Hall–Kier alpha value is -1.62. The van der Waals surface area contributed by atoms with E-state index in [-0.39, 0.29) is 17.6 Å². The highest BCUT2D eigenvalue weighted by atomic mass is 19.1. The predicted octanol–water partition coefficient (Wildman–Crippen LogP) is 2.11. The van der Waals surface area contributed by atoms with Crippen LogP contribution in [0.2, 0.25) is 0 Å². The number of nitrogens with one attached hydrogen (secondary N) is 1. The van der Waals surface area contributed by atoms with Gasteiger partial charge in [0.15, 0.2) is 0 Å². The number of benzene rings is 1. The monoisotopic (exact) mass is 281 g/mol. The summed E-state index contributed by atoms with van der Waals surface area (Å²) in [6, 6.07) is 4.16. The van der Waals surface area contributed by atoms with Crippen LogP contribution in [0.5, 0.6) is 0 Å². The van der Waals surface area contributed by atoms with Crippen molar-refractivity contribution in [2.45, 2.75) is 26.3 Å². The molecule has 0 aliphatic carbocycles. The average Bonchev–Trinajstić information content (AvgIpc) is 2.30. The van der Waals surface area contributed by atoms with Crippen LogP contribution in [-0.4, -0.2) is 37.5 Å². The number of rotatable bonds is 6. The van der Waals surface area contributed by atoms with Gasteiger partial charge in [-0.15, -0.1) is 0 Å². The van der Waals surface area contributed by atoms with E-state index in [1.54, 1.807) is 0 Å². The summed E-state index contributed by atoms with van der Waals surface area (Å²) < 4.78 is 13.4. The third-order valence-electron chi connectivity index (χ3n) is 2.94. The van der Waals surface area contributed by atoms with E-state index in [4.69, 9.17) is 5.73 Å². The second kappa shape index (κ2) is 7.24. The zero-order valence-electron chi connectivity index (χ0n) is 12.6. The molecule has 20 heavy (non-hydrogen) atoms. The molecule has 1 unspecified atom stereocenters. The van der Waals surface area contributed by atoms with Crippen LogP contribution >= 0.6 is 0 Å². The molecule has 3 N–H and O–H groups in total. The van der Waals surface area contributed by atoms with Gasteiger partial charge < -0.3 is 16.0 Å². The van der Waals surface area contributed by atoms with Gasteiger partial charge in [-0.05, 0) is 44.6 Å². The van der Waals surface area contributed by atoms with Gasteiger partial charge in [-0.1, -0.05) is 13.8 Å². The van der Waals surface area contributed by atoms with Gasteiger partial charge in [0.05, 0.1) is 5.69 Å². The maximum atomic E-state index is 13.4. The van der Waals surface area contributed by atoms with Crippen LogP contribution < -0.4 is 11.1 Å². The van der Waals surface area contributed by atoms with Crippen LogP contribution in [-0.2, 0) is 0 Å². The van der Waals surface area contributed by atoms with E-state index in [2.05, 4.69) is 19.2 Å². The van der Waals surface area contributed by atoms with E-state index in [9.17, 15) is 9.18 Å². The number of carbonyl (C=O) groups is 1. The minimum absolute atomic E-state index is 0.0399. The highest BCUT2D eigenvalue weighted by Gasteiger charge is 2.16. The third-order valence-corrected chi connectivity index (χ3v) is 2.94. The van der Waals surface area contributed by atoms with Crippen molar-refractivity contribution in [2.75, 3.05) is 26.4 Å². The minimum Gasteiger partial charge on any atom is -0.396 e. The van der Waals surface area contributed by atoms with Crippen molar-refractivity contribution in [3.63, 3.8) is 0 Å². The van der Waals surface area contributed by atoms with E-state index >= 15 is 0 Å². The standard InChI is InChI=1S/C15H24FN3O/c1-10(2)7-12(9-19(3)4)18-15(20)11-5-6-14(17)13(16)8-11/h5-6,8,10,12H,7,9,17H2,1-4H3,(H,18,20). The Morgan fingerprint density at radius 3 is 2.55 bits per heavy atom.